The molecule has 9 heteroatoms. The molecule has 31 heavy (non-hydrogen) atoms. The van der Waals surface area contributed by atoms with Crippen LogP contribution in [-0.2, 0) is 19.1 Å². The fourth-order valence-electron chi connectivity index (χ4n) is 3.05. The maximum Gasteiger partial charge on any atom is 0.338 e. The highest BCUT2D eigenvalue weighted by Gasteiger charge is 2.40. The Morgan fingerprint density at radius 2 is 1.55 bits per heavy atom. The van der Waals surface area contributed by atoms with Crippen LogP contribution in [0.5, 0.6) is 0 Å². The summed E-state index contributed by atoms with van der Waals surface area (Å²) in [4.78, 5) is 52.0. The van der Waals surface area contributed by atoms with Crippen molar-refractivity contribution in [2.45, 2.75) is 30.4 Å². The zero-order valence-electron chi connectivity index (χ0n) is 16.9. The van der Waals surface area contributed by atoms with E-state index in [-0.39, 0.29) is 36.4 Å². The average Bonchev–Trinajstić information content (AvgIpc) is 3.02. The zero-order valence-corrected chi connectivity index (χ0v) is 18.5. The van der Waals surface area contributed by atoms with Gasteiger partial charge >= 0.3 is 11.9 Å². The molecule has 2 aromatic carbocycles. The van der Waals surface area contributed by atoms with Crippen LogP contribution in [0.1, 0.15) is 41.0 Å². The van der Waals surface area contributed by atoms with Crippen molar-refractivity contribution in [1.29, 1.82) is 0 Å². The van der Waals surface area contributed by atoms with Crippen LogP contribution in [0.3, 0.4) is 0 Å². The monoisotopic (exact) mass is 461 g/mol. The van der Waals surface area contributed by atoms with Gasteiger partial charge < -0.3 is 9.47 Å². The van der Waals surface area contributed by atoms with E-state index in [9.17, 15) is 19.2 Å². The van der Waals surface area contributed by atoms with Crippen LogP contribution in [0.2, 0.25) is 5.02 Å². The number of thioether (sulfide) groups is 1. The Morgan fingerprint density at radius 1 is 1.00 bits per heavy atom. The number of nitrogens with zero attached hydrogens (tertiary/aromatic N) is 1. The lowest BCUT2D eigenvalue weighted by Crippen LogP contribution is -2.31. The van der Waals surface area contributed by atoms with Crippen molar-refractivity contribution in [1.82, 2.24) is 0 Å². The van der Waals surface area contributed by atoms with E-state index in [4.69, 9.17) is 21.1 Å². The minimum absolute atomic E-state index is 0.00942. The number of halogens is 1. The number of amides is 2. The van der Waals surface area contributed by atoms with Gasteiger partial charge in [0.25, 0.3) is 0 Å². The Kier molecular flexibility index (Phi) is 7.35. The highest BCUT2D eigenvalue weighted by atomic mass is 35.5. The summed E-state index contributed by atoms with van der Waals surface area (Å²) in [5.41, 5.74) is 0.233. The third-order valence-corrected chi connectivity index (χ3v) is 5.84. The predicted octanol–water partition coefficient (Wildman–Crippen LogP) is 4.12. The third kappa shape index (κ3) is 5.26. The van der Waals surface area contributed by atoms with Crippen LogP contribution in [0, 0.1) is 0 Å². The first kappa shape index (κ1) is 22.8. The minimum atomic E-state index is -0.666. The molecule has 0 bridgehead atoms. The molecule has 1 saturated heterocycles. The molecule has 1 aliphatic rings. The van der Waals surface area contributed by atoms with Crippen LogP contribution in [0.4, 0.5) is 5.69 Å². The molecule has 3 rings (SSSR count). The fourth-order valence-corrected chi connectivity index (χ4v) is 4.23. The summed E-state index contributed by atoms with van der Waals surface area (Å²) >= 11 is 7.15. The van der Waals surface area contributed by atoms with Gasteiger partial charge in [-0.15, -0.1) is 11.8 Å². The van der Waals surface area contributed by atoms with Crippen molar-refractivity contribution in [3.63, 3.8) is 0 Å². The lowest BCUT2D eigenvalue weighted by atomic mass is 10.1. The number of ether oxygens (including phenoxy) is 2. The van der Waals surface area contributed by atoms with E-state index in [0.29, 0.717) is 5.02 Å². The zero-order chi connectivity index (χ0) is 22.5. The molecule has 2 amide bonds. The van der Waals surface area contributed by atoms with Gasteiger partial charge in [-0.1, -0.05) is 11.6 Å². The number of hydrogen-bond acceptors (Lipinski definition) is 7. The first-order valence-electron chi connectivity index (χ1n) is 9.62. The summed E-state index contributed by atoms with van der Waals surface area (Å²) in [6.45, 7) is 3.58. The van der Waals surface area contributed by atoms with Crippen molar-refractivity contribution in [2.75, 3.05) is 18.1 Å². The maximum absolute atomic E-state index is 13.0. The number of esters is 2. The number of hydrogen-bond donors (Lipinski definition) is 0. The standard InChI is InChI=1S/C22H20ClNO6S/c1-3-29-21(27)13-9-14(22(28)30-4-2)11-16(10-13)24-19(25)12-18(20(24)26)31-17-7-5-15(23)6-8-17/h5-11,18H,3-4,12H2,1-2H3. The number of carbonyl (C=O) groups is 4. The number of anilines is 1. The van der Waals surface area contributed by atoms with Crippen molar-refractivity contribution in [2.24, 2.45) is 0 Å². The van der Waals surface area contributed by atoms with Gasteiger partial charge in [-0.2, -0.15) is 0 Å². The number of imide groups is 1. The average molecular weight is 462 g/mol. The molecular weight excluding hydrogens is 442 g/mol. The Hall–Kier alpha value is -2.84. The Morgan fingerprint density at radius 3 is 2.06 bits per heavy atom. The van der Waals surface area contributed by atoms with Crippen LogP contribution in [0.15, 0.2) is 47.4 Å². The molecule has 2 aromatic rings. The van der Waals surface area contributed by atoms with Gasteiger partial charge in [0, 0.05) is 16.3 Å². The lowest BCUT2D eigenvalue weighted by molar-refractivity contribution is -0.121. The second-order valence-electron chi connectivity index (χ2n) is 6.54. The summed E-state index contributed by atoms with van der Waals surface area (Å²) < 4.78 is 10.0. The molecule has 0 radical (unpaired) electrons. The minimum Gasteiger partial charge on any atom is -0.462 e. The van der Waals surface area contributed by atoms with Crippen molar-refractivity contribution < 1.29 is 28.7 Å². The van der Waals surface area contributed by atoms with E-state index < -0.39 is 29.0 Å². The second-order valence-corrected chi connectivity index (χ2v) is 8.25. The highest BCUT2D eigenvalue weighted by Crippen LogP contribution is 2.35. The van der Waals surface area contributed by atoms with Crippen LogP contribution in [-0.4, -0.2) is 42.2 Å². The molecule has 0 spiro atoms. The van der Waals surface area contributed by atoms with Crippen molar-refractivity contribution in [3.05, 3.63) is 58.6 Å². The van der Waals surface area contributed by atoms with Crippen LogP contribution in [0.25, 0.3) is 0 Å². The molecule has 0 N–H and O–H groups in total. The molecule has 1 heterocycles. The Labute approximate surface area is 188 Å². The normalized spacial score (nSPS) is 15.8. The van der Waals surface area contributed by atoms with Crippen LogP contribution < -0.4 is 4.90 Å². The van der Waals surface area contributed by atoms with Gasteiger partial charge in [-0.05, 0) is 56.3 Å². The maximum atomic E-state index is 13.0. The first-order chi connectivity index (χ1) is 14.8. The van der Waals surface area contributed by atoms with E-state index in [1.165, 1.54) is 30.0 Å². The van der Waals surface area contributed by atoms with Crippen LogP contribution >= 0.6 is 23.4 Å². The number of carbonyl (C=O) groups excluding carboxylic acids is 4. The molecular formula is C22H20ClNO6S. The SMILES string of the molecule is CCOC(=O)c1cc(C(=O)OCC)cc(N2C(=O)CC(Sc3ccc(Cl)cc3)C2=O)c1. The highest BCUT2D eigenvalue weighted by molar-refractivity contribution is 8.00. The van der Waals surface area contributed by atoms with Crippen molar-refractivity contribution in [3.8, 4) is 0 Å². The van der Waals surface area contributed by atoms with E-state index in [0.717, 1.165) is 9.80 Å². The molecule has 162 valence electrons. The summed E-state index contributed by atoms with van der Waals surface area (Å²) in [5.74, 6) is -2.18. The molecule has 0 saturated carbocycles. The molecule has 0 aliphatic carbocycles. The quantitative estimate of drug-likeness (QED) is 0.452. The second kappa shape index (κ2) is 9.98. The van der Waals surface area contributed by atoms with Gasteiger partial charge in [-0.3, -0.25) is 9.59 Å². The van der Waals surface area contributed by atoms with Gasteiger partial charge in [0.05, 0.1) is 35.3 Å². The van der Waals surface area contributed by atoms with E-state index in [1.54, 1.807) is 38.1 Å². The number of benzene rings is 2. The topological polar surface area (TPSA) is 90.0 Å². The molecule has 1 fully saturated rings. The van der Waals surface area contributed by atoms with E-state index >= 15 is 0 Å². The molecule has 1 unspecified atom stereocenters. The number of rotatable bonds is 7. The largest absolute Gasteiger partial charge is 0.462 e. The van der Waals surface area contributed by atoms with E-state index in [1.807, 2.05) is 0 Å². The van der Waals surface area contributed by atoms with Gasteiger partial charge in [0.1, 0.15) is 0 Å². The summed E-state index contributed by atoms with van der Waals surface area (Å²) in [7, 11) is 0. The third-order valence-electron chi connectivity index (χ3n) is 4.40. The van der Waals surface area contributed by atoms with Gasteiger partial charge in [0.2, 0.25) is 11.8 Å². The predicted molar refractivity (Wildman–Crippen MR) is 117 cm³/mol. The Bertz CT molecular complexity index is 987. The van der Waals surface area contributed by atoms with Gasteiger partial charge in [-0.25, -0.2) is 14.5 Å². The van der Waals surface area contributed by atoms with Crippen molar-refractivity contribution >= 4 is 52.8 Å². The summed E-state index contributed by atoms with van der Waals surface area (Å²) in [5, 5.41) is -0.0620. The summed E-state index contributed by atoms with van der Waals surface area (Å²) in [6.07, 6.45) is -0.00942. The smallest absolute Gasteiger partial charge is 0.338 e. The molecule has 0 aromatic heterocycles. The van der Waals surface area contributed by atoms with Gasteiger partial charge in [0.15, 0.2) is 0 Å². The lowest BCUT2D eigenvalue weighted by Gasteiger charge is -2.17. The first-order valence-corrected chi connectivity index (χ1v) is 10.9. The fraction of sp³-hybridized carbons (Fsp3) is 0.273. The Balaban J connectivity index is 1.93. The van der Waals surface area contributed by atoms with E-state index in [2.05, 4.69) is 0 Å². The molecule has 1 atom stereocenters. The molecule has 1 aliphatic heterocycles. The summed E-state index contributed by atoms with van der Waals surface area (Å²) in [6, 6.07) is 11.0. The molecule has 7 nitrogen and oxygen atoms in total.